The van der Waals surface area contributed by atoms with Crippen molar-refractivity contribution in [2.75, 3.05) is 27.5 Å². The average Bonchev–Trinajstić information content (AvgIpc) is 3.15. The molecular weight excluding hydrogens is 486 g/mol. The summed E-state index contributed by atoms with van der Waals surface area (Å²) in [5, 5.41) is 3.58. The third-order valence-electron chi connectivity index (χ3n) is 5.34. The lowest BCUT2D eigenvalue weighted by molar-refractivity contribution is -0.113. The number of rotatable bonds is 4. The first-order valence-corrected chi connectivity index (χ1v) is 13.1. The number of amidine groups is 1. The van der Waals surface area contributed by atoms with Gasteiger partial charge >= 0.3 is 0 Å². The normalized spacial score (nSPS) is 22.0. The van der Waals surface area contributed by atoms with Crippen LogP contribution < -0.4 is 10.2 Å². The van der Waals surface area contributed by atoms with Crippen molar-refractivity contribution < 1.29 is 13.2 Å². The number of nitrogens with zero attached hydrogens (tertiary/aromatic N) is 2. The number of aliphatic imine (C=N–C) groups is 1. The molecule has 6 nitrogen and oxygen atoms in total. The fraction of sp³-hybridized carbons (Fsp3) is 0.333. The van der Waals surface area contributed by atoms with Crippen molar-refractivity contribution in [1.29, 1.82) is 0 Å². The smallest absolute Gasteiger partial charge is 0.234 e. The van der Waals surface area contributed by atoms with Gasteiger partial charge in [-0.1, -0.05) is 33.8 Å². The predicted molar refractivity (Wildman–Crippen MR) is 127 cm³/mol. The summed E-state index contributed by atoms with van der Waals surface area (Å²) >= 11 is 4.72. The molecule has 1 amide bonds. The zero-order chi connectivity index (χ0) is 21.5. The molecule has 0 aromatic heterocycles. The van der Waals surface area contributed by atoms with Crippen molar-refractivity contribution in [3.63, 3.8) is 0 Å². The fourth-order valence-electron chi connectivity index (χ4n) is 3.67. The number of amides is 1. The minimum absolute atomic E-state index is 0.0637. The van der Waals surface area contributed by atoms with Crippen LogP contribution in [0.2, 0.25) is 0 Å². The Morgan fingerprint density at radius 1 is 1.17 bits per heavy atom. The molecule has 2 aliphatic rings. The van der Waals surface area contributed by atoms with Crippen LogP contribution in [-0.4, -0.2) is 48.8 Å². The number of carbonyl (C=O) groups is 1. The van der Waals surface area contributed by atoms with E-state index in [0.717, 1.165) is 21.4 Å². The Morgan fingerprint density at radius 3 is 2.60 bits per heavy atom. The summed E-state index contributed by atoms with van der Waals surface area (Å²) in [6, 6.07) is 13.0. The van der Waals surface area contributed by atoms with Crippen LogP contribution in [0.15, 0.2) is 51.9 Å². The summed E-state index contributed by atoms with van der Waals surface area (Å²) in [4.78, 5) is 19.1. The molecule has 0 spiro atoms. The minimum atomic E-state index is -3.10. The Balaban J connectivity index is 1.52. The molecule has 1 fully saturated rings. The van der Waals surface area contributed by atoms with Crippen molar-refractivity contribution >= 4 is 60.0 Å². The van der Waals surface area contributed by atoms with Crippen LogP contribution in [0.1, 0.15) is 11.1 Å². The zero-order valence-corrected chi connectivity index (χ0v) is 19.9. The number of nitrogens with one attached hydrogen (secondary N) is 1. The van der Waals surface area contributed by atoms with Gasteiger partial charge in [0.1, 0.15) is 0 Å². The summed E-state index contributed by atoms with van der Waals surface area (Å²) in [6.45, 7) is 4.08. The Labute approximate surface area is 189 Å². The molecule has 0 radical (unpaired) electrons. The van der Waals surface area contributed by atoms with Gasteiger partial charge in [-0.2, -0.15) is 0 Å². The lowest BCUT2D eigenvalue weighted by atomic mass is 10.1. The lowest BCUT2D eigenvalue weighted by Crippen LogP contribution is -2.39. The van der Waals surface area contributed by atoms with Gasteiger partial charge in [-0.05, 0) is 61.4 Å². The van der Waals surface area contributed by atoms with Crippen molar-refractivity contribution in [2.45, 2.75) is 25.9 Å². The Hall–Kier alpha value is -1.84. The highest BCUT2D eigenvalue weighted by Gasteiger charge is 2.47. The largest absolute Gasteiger partial charge is 0.325 e. The molecule has 2 atom stereocenters. The van der Waals surface area contributed by atoms with Gasteiger partial charge in [0, 0.05) is 15.8 Å². The van der Waals surface area contributed by atoms with E-state index in [1.807, 2.05) is 55.1 Å². The van der Waals surface area contributed by atoms with Gasteiger partial charge in [0.2, 0.25) is 5.91 Å². The number of thioether (sulfide) groups is 1. The molecule has 30 heavy (non-hydrogen) atoms. The third-order valence-corrected chi connectivity index (χ3v) is 8.53. The highest BCUT2D eigenvalue weighted by Crippen LogP contribution is 2.35. The highest BCUT2D eigenvalue weighted by atomic mass is 79.9. The van der Waals surface area contributed by atoms with Gasteiger partial charge in [-0.15, -0.1) is 0 Å². The first-order valence-electron chi connectivity index (χ1n) is 9.55. The molecule has 1 N–H and O–H groups in total. The van der Waals surface area contributed by atoms with E-state index in [9.17, 15) is 13.2 Å². The molecule has 0 aliphatic carbocycles. The number of benzene rings is 2. The molecule has 0 saturated carbocycles. The summed E-state index contributed by atoms with van der Waals surface area (Å²) in [5.74, 6) is 0.217. The van der Waals surface area contributed by atoms with E-state index >= 15 is 0 Å². The molecule has 2 heterocycles. The van der Waals surface area contributed by atoms with Gasteiger partial charge in [0.05, 0.1) is 29.3 Å². The SMILES string of the molecule is Cc1ccc(N2C(SCC(=O)Nc3ccc(Br)cc3)=N[C@@H]3CS(=O)(=O)C[C@H]32)cc1C. The first kappa shape index (κ1) is 21.4. The average molecular weight is 508 g/mol. The van der Waals surface area contributed by atoms with Crippen molar-refractivity contribution in [3.05, 3.63) is 58.1 Å². The van der Waals surface area contributed by atoms with Crippen molar-refractivity contribution in [2.24, 2.45) is 4.99 Å². The third kappa shape index (κ3) is 4.58. The van der Waals surface area contributed by atoms with Gasteiger partial charge in [-0.3, -0.25) is 9.79 Å². The van der Waals surface area contributed by atoms with E-state index in [2.05, 4.69) is 32.3 Å². The molecule has 158 valence electrons. The van der Waals surface area contributed by atoms with E-state index in [1.54, 1.807) is 0 Å². The van der Waals surface area contributed by atoms with E-state index in [-0.39, 0.29) is 35.2 Å². The quantitative estimate of drug-likeness (QED) is 0.680. The van der Waals surface area contributed by atoms with Crippen LogP contribution in [0.3, 0.4) is 0 Å². The summed E-state index contributed by atoms with van der Waals surface area (Å²) in [7, 11) is -3.10. The number of aryl methyl sites for hydroxylation is 2. The van der Waals surface area contributed by atoms with E-state index in [1.165, 1.54) is 17.3 Å². The summed E-state index contributed by atoms with van der Waals surface area (Å²) < 4.78 is 25.3. The van der Waals surface area contributed by atoms with Gasteiger partial charge < -0.3 is 10.2 Å². The molecule has 0 bridgehead atoms. The maximum atomic E-state index is 12.4. The maximum Gasteiger partial charge on any atom is 0.234 e. The highest BCUT2D eigenvalue weighted by molar-refractivity contribution is 9.10. The molecule has 2 aromatic carbocycles. The number of fused-ring (bicyclic) bond motifs is 1. The number of anilines is 2. The number of hydrogen-bond donors (Lipinski definition) is 1. The van der Waals surface area contributed by atoms with Gasteiger partial charge in [0.25, 0.3) is 0 Å². The van der Waals surface area contributed by atoms with Crippen LogP contribution in [0.25, 0.3) is 0 Å². The Kier molecular flexibility index (Phi) is 5.96. The maximum absolute atomic E-state index is 12.4. The summed E-state index contributed by atoms with van der Waals surface area (Å²) in [5.41, 5.74) is 3.95. The summed E-state index contributed by atoms with van der Waals surface area (Å²) in [6.07, 6.45) is 0. The second-order valence-electron chi connectivity index (χ2n) is 7.61. The molecule has 0 unspecified atom stereocenters. The lowest BCUT2D eigenvalue weighted by Gasteiger charge is -2.27. The topological polar surface area (TPSA) is 78.8 Å². The number of hydrogen-bond acceptors (Lipinski definition) is 6. The van der Waals surface area contributed by atoms with Crippen molar-refractivity contribution in [1.82, 2.24) is 0 Å². The van der Waals surface area contributed by atoms with Gasteiger partial charge in [0.15, 0.2) is 15.0 Å². The molecule has 4 rings (SSSR count). The molecule has 1 saturated heterocycles. The fourth-order valence-corrected chi connectivity index (χ4v) is 6.70. The second-order valence-corrected chi connectivity index (χ2v) is 11.6. The monoisotopic (exact) mass is 507 g/mol. The Bertz CT molecular complexity index is 1120. The van der Waals surface area contributed by atoms with Crippen molar-refractivity contribution in [3.8, 4) is 0 Å². The standard InChI is InChI=1S/C21H22BrN3O3S2/c1-13-3-8-17(9-14(13)2)25-19-12-30(27,28)11-18(19)24-21(25)29-10-20(26)23-16-6-4-15(22)5-7-16/h3-9,18-19H,10-12H2,1-2H3,(H,23,26)/t18-,19-/m1/s1. The molecule has 2 aromatic rings. The molecular formula is C21H22BrN3O3S2. The molecule has 2 aliphatic heterocycles. The van der Waals surface area contributed by atoms with E-state index in [0.29, 0.717) is 5.17 Å². The second kappa shape index (κ2) is 8.36. The minimum Gasteiger partial charge on any atom is -0.325 e. The van der Waals surface area contributed by atoms with Gasteiger partial charge in [-0.25, -0.2) is 8.42 Å². The van der Waals surface area contributed by atoms with Crippen LogP contribution in [0.4, 0.5) is 11.4 Å². The van der Waals surface area contributed by atoms with Crippen LogP contribution in [0, 0.1) is 13.8 Å². The molecule has 9 heteroatoms. The predicted octanol–water partition coefficient (Wildman–Crippen LogP) is 3.78. The van der Waals surface area contributed by atoms with Crippen LogP contribution in [0.5, 0.6) is 0 Å². The van der Waals surface area contributed by atoms with E-state index in [4.69, 9.17) is 0 Å². The Morgan fingerprint density at radius 2 is 1.90 bits per heavy atom. The zero-order valence-electron chi connectivity index (χ0n) is 16.6. The first-order chi connectivity index (χ1) is 14.2. The van der Waals surface area contributed by atoms with Crippen LogP contribution in [-0.2, 0) is 14.6 Å². The number of carbonyl (C=O) groups excluding carboxylic acids is 1. The number of halogens is 1. The van der Waals surface area contributed by atoms with E-state index < -0.39 is 9.84 Å². The van der Waals surface area contributed by atoms with Crippen LogP contribution >= 0.6 is 27.7 Å². The number of sulfone groups is 1.